The molecule has 4 aromatic rings. The Hall–Kier alpha value is -1.83. The van der Waals surface area contributed by atoms with Gasteiger partial charge in [-0.25, -0.2) is 9.67 Å². The van der Waals surface area contributed by atoms with Crippen LogP contribution in [0.25, 0.3) is 20.8 Å². The number of aryl methyl sites for hydroxylation is 1. The molecule has 4 rings (SSSR count). The van der Waals surface area contributed by atoms with Crippen LogP contribution in [-0.2, 0) is 6.54 Å². The molecule has 0 saturated carbocycles. The molecule has 0 atom stereocenters. The third-order valence-electron chi connectivity index (χ3n) is 3.61. The van der Waals surface area contributed by atoms with Gasteiger partial charge in [-0.05, 0) is 36.1 Å². The highest BCUT2D eigenvalue weighted by Gasteiger charge is 2.17. The number of hydrogen-bond acceptors (Lipinski definition) is 5. The molecule has 3 heterocycles. The Labute approximate surface area is 154 Å². The summed E-state index contributed by atoms with van der Waals surface area (Å²) >= 11 is 6.57. The molecule has 0 spiro atoms. The molecule has 0 N–H and O–H groups in total. The molecule has 4 nitrogen and oxygen atoms in total. The zero-order chi connectivity index (χ0) is 16.7. The van der Waals surface area contributed by atoms with Crippen LogP contribution < -0.4 is 5.56 Å². The van der Waals surface area contributed by atoms with E-state index in [0.717, 1.165) is 30.3 Å². The van der Waals surface area contributed by atoms with Gasteiger partial charge in [-0.2, -0.15) is 5.10 Å². The fourth-order valence-corrected chi connectivity index (χ4v) is 4.46. The summed E-state index contributed by atoms with van der Waals surface area (Å²) in [4.78, 5) is 18.3. The van der Waals surface area contributed by atoms with Gasteiger partial charge in [0.05, 0.1) is 21.1 Å². The first kappa shape index (κ1) is 15.7. The number of rotatable bonds is 3. The van der Waals surface area contributed by atoms with Gasteiger partial charge in [-0.3, -0.25) is 4.79 Å². The Morgan fingerprint density at radius 3 is 2.71 bits per heavy atom. The first-order chi connectivity index (χ1) is 11.6. The van der Waals surface area contributed by atoms with Crippen LogP contribution in [0.1, 0.15) is 10.6 Å². The number of halogens is 1. The van der Waals surface area contributed by atoms with E-state index in [1.54, 1.807) is 11.3 Å². The van der Waals surface area contributed by atoms with E-state index in [1.165, 1.54) is 16.0 Å². The highest BCUT2D eigenvalue weighted by Crippen LogP contribution is 2.32. The summed E-state index contributed by atoms with van der Waals surface area (Å²) in [5.41, 5.74) is 2.23. The minimum Gasteiger partial charge on any atom is -0.265 e. The molecule has 1 aromatic carbocycles. The molecule has 0 aliphatic heterocycles. The van der Waals surface area contributed by atoms with Crippen molar-refractivity contribution in [2.45, 2.75) is 13.5 Å². The van der Waals surface area contributed by atoms with Gasteiger partial charge >= 0.3 is 0 Å². The van der Waals surface area contributed by atoms with Gasteiger partial charge in [-0.1, -0.05) is 34.1 Å². The first-order valence-corrected chi connectivity index (χ1v) is 9.77. The van der Waals surface area contributed by atoms with Crippen molar-refractivity contribution in [3.63, 3.8) is 0 Å². The molecule has 0 saturated heterocycles. The maximum absolute atomic E-state index is 12.8. The van der Waals surface area contributed by atoms with E-state index in [0.29, 0.717) is 12.1 Å². The SMILES string of the molecule is Cc1nc2c(=O)n(Cc3ccc(Br)cc3)nc(-c3cccs3)c2s1. The second-order valence-corrected chi connectivity index (χ2v) is 8.39. The standard InChI is InChI=1S/C17H12BrN3OS2/c1-10-19-15-16(24-10)14(13-3-2-8-23-13)20-21(17(15)22)9-11-4-6-12(18)7-5-11/h2-8H,9H2,1H3. The molecule has 3 aromatic heterocycles. The van der Waals surface area contributed by atoms with E-state index in [2.05, 4.69) is 26.0 Å². The molecule has 0 aliphatic rings. The molecule has 0 amide bonds. The van der Waals surface area contributed by atoms with Crippen molar-refractivity contribution in [1.29, 1.82) is 0 Å². The van der Waals surface area contributed by atoms with Crippen molar-refractivity contribution in [2.24, 2.45) is 0 Å². The van der Waals surface area contributed by atoms with Crippen LogP contribution in [-0.4, -0.2) is 14.8 Å². The summed E-state index contributed by atoms with van der Waals surface area (Å²) in [7, 11) is 0. The number of thiazole rings is 1. The van der Waals surface area contributed by atoms with Crippen molar-refractivity contribution in [1.82, 2.24) is 14.8 Å². The molecule has 120 valence electrons. The molecule has 0 bridgehead atoms. The summed E-state index contributed by atoms with van der Waals surface area (Å²) in [5, 5.41) is 7.54. The van der Waals surface area contributed by atoms with Crippen LogP contribution in [0.4, 0.5) is 0 Å². The van der Waals surface area contributed by atoms with Crippen molar-refractivity contribution in [3.05, 3.63) is 67.2 Å². The quantitative estimate of drug-likeness (QED) is 0.485. The lowest BCUT2D eigenvalue weighted by Crippen LogP contribution is -2.24. The lowest BCUT2D eigenvalue weighted by molar-refractivity contribution is 0.650. The van der Waals surface area contributed by atoms with E-state index in [1.807, 2.05) is 48.7 Å². The summed E-state index contributed by atoms with van der Waals surface area (Å²) in [6.07, 6.45) is 0. The monoisotopic (exact) mass is 417 g/mol. The molecule has 0 aliphatic carbocycles. The minimum absolute atomic E-state index is 0.141. The van der Waals surface area contributed by atoms with Gasteiger partial charge in [0.1, 0.15) is 5.69 Å². The Morgan fingerprint density at radius 2 is 2.00 bits per heavy atom. The largest absolute Gasteiger partial charge is 0.294 e. The second kappa shape index (κ2) is 6.23. The van der Waals surface area contributed by atoms with Crippen LogP contribution in [0.15, 0.2) is 51.0 Å². The van der Waals surface area contributed by atoms with E-state index in [9.17, 15) is 4.79 Å². The number of benzene rings is 1. The van der Waals surface area contributed by atoms with Gasteiger partial charge in [0, 0.05) is 4.47 Å². The van der Waals surface area contributed by atoms with Gasteiger partial charge in [0.25, 0.3) is 5.56 Å². The number of thiophene rings is 1. The maximum atomic E-state index is 12.8. The van der Waals surface area contributed by atoms with Gasteiger partial charge in [0.15, 0.2) is 5.52 Å². The molecular weight excluding hydrogens is 406 g/mol. The smallest absolute Gasteiger partial charge is 0.265 e. The normalized spacial score (nSPS) is 11.2. The zero-order valence-electron chi connectivity index (χ0n) is 12.7. The van der Waals surface area contributed by atoms with Crippen molar-refractivity contribution >= 4 is 48.8 Å². The van der Waals surface area contributed by atoms with E-state index < -0.39 is 0 Å². The predicted molar refractivity (Wildman–Crippen MR) is 103 cm³/mol. The van der Waals surface area contributed by atoms with Crippen LogP contribution in [0.2, 0.25) is 0 Å². The summed E-state index contributed by atoms with van der Waals surface area (Å²) in [6.45, 7) is 2.35. The highest BCUT2D eigenvalue weighted by atomic mass is 79.9. The Bertz CT molecular complexity index is 1070. The third kappa shape index (κ3) is 2.83. The van der Waals surface area contributed by atoms with Crippen LogP contribution in [0, 0.1) is 6.92 Å². The summed E-state index contributed by atoms with van der Waals surface area (Å²) in [6, 6.07) is 11.9. The third-order valence-corrected chi connectivity index (χ3v) is 5.99. The Morgan fingerprint density at radius 1 is 1.21 bits per heavy atom. The highest BCUT2D eigenvalue weighted by molar-refractivity contribution is 9.10. The number of aromatic nitrogens is 3. The Kier molecular flexibility index (Phi) is 4.07. The van der Waals surface area contributed by atoms with Crippen molar-refractivity contribution in [3.8, 4) is 10.6 Å². The fourth-order valence-electron chi connectivity index (χ4n) is 2.51. The van der Waals surface area contributed by atoms with Crippen molar-refractivity contribution in [2.75, 3.05) is 0 Å². The molecule has 0 unspecified atom stereocenters. The summed E-state index contributed by atoms with van der Waals surface area (Å²) < 4.78 is 3.39. The Balaban J connectivity index is 1.91. The topological polar surface area (TPSA) is 47.8 Å². The number of fused-ring (bicyclic) bond motifs is 1. The molecule has 0 radical (unpaired) electrons. The molecule has 24 heavy (non-hydrogen) atoms. The van der Waals surface area contributed by atoms with E-state index in [-0.39, 0.29) is 5.56 Å². The number of hydrogen-bond donors (Lipinski definition) is 0. The fraction of sp³-hybridized carbons (Fsp3) is 0.118. The zero-order valence-corrected chi connectivity index (χ0v) is 15.9. The van der Waals surface area contributed by atoms with Crippen LogP contribution in [0.5, 0.6) is 0 Å². The predicted octanol–water partition coefficient (Wildman–Crippen LogP) is 4.70. The lowest BCUT2D eigenvalue weighted by atomic mass is 10.2. The lowest BCUT2D eigenvalue weighted by Gasteiger charge is -2.08. The molecule has 0 fully saturated rings. The molecule has 7 heteroatoms. The second-order valence-electron chi connectivity index (χ2n) is 5.33. The van der Waals surface area contributed by atoms with Gasteiger partial charge in [-0.15, -0.1) is 22.7 Å². The van der Waals surface area contributed by atoms with Gasteiger partial charge in [0.2, 0.25) is 0 Å². The first-order valence-electron chi connectivity index (χ1n) is 7.28. The number of nitrogens with zero attached hydrogens (tertiary/aromatic N) is 3. The van der Waals surface area contributed by atoms with E-state index in [4.69, 9.17) is 0 Å². The van der Waals surface area contributed by atoms with E-state index >= 15 is 0 Å². The van der Waals surface area contributed by atoms with Crippen molar-refractivity contribution < 1.29 is 0 Å². The van der Waals surface area contributed by atoms with Crippen LogP contribution >= 0.6 is 38.6 Å². The minimum atomic E-state index is -0.141. The van der Waals surface area contributed by atoms with Crippen LogP contribution in [0.3, 0.4) is 0 Å². The maximum Gasteiger partial charge on any atom is 0.294 e. The average molecular weight is 418 g/mol. The average Bonchev–Trinajstić information content (AvgIpc) is 3.22. The molecular formula is C17H12BrN3OS2. The summed E-state index contributed by atoms with van der Waals surface area (Å²) in [5.74, 6) is 0. The van der Waals surface area contributed by atoms with Gasteiger partial charge < -0.3 is 0 Å².